The Bertz CT molecular complexity index is 1100. The van der Waals surface area contributed by atoms with Gasteiger partial charge in [-0.05, 0) is 30.2 Å². The lowest BCUT2D eigenvalue weighted by atomic mass is 10.1. The van der Waals surface area contributed by atoms with Crippen molar-refractivity contribution < 1.29 is 32.2 Å². The fourth-order valence-electron chi connectivity index (χ4n) is 3.72. The number of carbonyl (C=O) groups excluding carboxylic acids is 1. The van der Waals surface area contributed by atoms with E-state index in [0.717, 1.165) is 0 Å². The number of carbonyl (C=O) groups is 1. The average Bonchev–Trinajstić information content (AvgIpc) is 3.37. The van der Waals surface area contributed by atoms with Gasteiger partial charge < -0.3 is 23.8 Å². The summed E-state index contributed by atoms with van der Waals surface area (Å²) < 4.78 is 49.6. The van der Waals surface area contributed by atoms with Crippen LogP contribution < -0.4 is 28.6 Å². The summed E-state index contributed by atoms with van der Waals surface area (Å²) >= 11 is 0. The Kier molecular flexibility index (Phi) is 4.67. The Balaban J connectivity index is 1.25. The van der Waals surface area contributed by atoms with Gasteiger partial charge in [0.1, 0.15) is 13.2 Å². The van der Waals surface area contributed by atoms with Gasteiger partial charge in [0.25, 0.3) is 0 Å². The molecule has 2 aromatic carbocycles. The molecule has 0 aromatic heterocycles. The zero-order valence-corrected chi connectivity index (χ0v) is 16.8. The topological polar surface area (TPSA) is 103 Å². The first-order valence-electron chi connectivity index (χ1n) is 9.59. The first-order valence-corrected chi connectivity index (χ1v) is 11.1. The minimum atomic E-state index is -3.74. The Morgan fingerprint density at radius 2 is 1.63 bits per heavy atom. The van der Waals surface area contributed by atoms with E-state index in [-0.39, 0.29) is 36.5 Å². The molecular weight excluding hydrogens is 412 g/mol. The molecule has 1 saturated heterocycles. The van der Waals surface area contributed by atoms with Crippen LogP contribution in [0.15, 0.2) is 41.3 Å². The second-order valence-electron chi connectivity index (χ2n) is 7.27. The lowest BCUT2D eigenvalue weighted by Crippen LogP contribution is -2.31. The Hall–Kier alpha value is -2.98. The lowest BCUT2D eigenvalue weighted by Gasteiger charge is -2.19. The van der Waals surface area contributed by atoms with Crippen LogP contribution in [0.3, 0.4) is 0 Å². The average molecular weight is 432 g/mol. The summed E-state index contributed by atoms with van der Waals surface area (Å²) in [7, 11) is -3.74. The maximum atomic E-state index is 12.7. The van der Waals surface area contributed by atoms with Gasteiger partial charge in [0.05, 0.1) is 4.90 Å². The largest absolute Gasteiger partial charge is 0.486 e. The number of nitrogens with one attached hydrogen (secondary N) is 1. The van der Waals surface area contributed by atoms with Crippen LogP contribution in [-0.2, 0) is 14.8 Å². The molecule has 0 bridgehead atoms. The van der Waals surface area contributed by atoms with E-state index in [4.69, 9.17) is 18.9 Å². The summed E-state index contributed by atoms with van der Waals surface area (Å²) in [5, 5.41) is 0. The third kappa shape index (κ3) is 3.52. The molecule has 0 aliphatic carbocycles. The van der Waals surface area contributed by atoms with Gasteiger partial charge in [-0.3, -0.25) is 4.79 Å². The molecule has 1 N–H and O–H groups in total. The second kappa shape index (κ2) is 7.37. The Labute approximate surface area is 173 Å². The Morgan fingerprint density at radius 1 is 0.933 bits per heavy atom. The quantitative estimate of drug-likeness (QED) is 0.764. The van der Waals surface area contributed by atoms with E-state index in [9.17, 15) is 13.2 Å². The Morgan fingerprint density at radius 3 is 2.50 bits per heavy atom. The van der Waals surface area contributed by atoms with Crippen molar-refractivity contribution in [2.45, 2.75) is 11.3 Å². The van der Waals surface area contributed by atoms with Gasteiger partial charge in [-0.25, -0.2) is 13.1 Å². The zero-order valence-electron chi connectivity index (χ0n) is 16.0. The van der Waals surface area contributed by atoms with E-state index in [1.54, 1.807) is 29.2 Å². The lowest BCUT2D eigenvalue weighted by molar-refractivity contribution is -0.117. The van der Waals surface area contributed by atoms with Crippen LogP contribution in [0.25, 0.3) is 0 Å². The number of ether oxygens (including phenoxy) is 4. The summed E-state index contributed by atoms with van der Waals surface area (Å²) in [5.74, 6) is 1.99. The minimum absolute atomic E-state index is 0.0580. The zero-order chi connectivity index (χ0) is 20.7. The predicted octanol–water partition coefficient (Wildman–Crippen LogP) is 1.52. The monoisotopic (exact) mass is 432 g/mol. The molecule has 10 heteroatoms. The molecule has 0 saturated carbocycles. The molecule has 3 heterocycles. The number of amides is 1. The summed E-state index contributed by atoms with van der Waals surface area (Å²) in [6, 6.07) is 9.85. The maximum Gasteiger partial charge on any atom is 0.240 e. The maximum absolute atomic E-state index is 12.7. The molecular formula is C20H20N2O7S. The van der Waals surface area contributed by atoms with Crippen LogP contribution in [0.1, 0.15) is 6.42 Å². The number of rotatable bonds is 5. The summed E-state index contributed by atoms with van der Waals surface area (Å²) in [6.45, 7) is 1.55. The van der Waals surface area contributed by atoms with Crippen LogP contribution in [-0.4, -0.2) is 47.4 Å². The molecule has 2 aromatic rings. The van der Waals surface area contributed by atoms with Gasteiger partial charge in [0.15, 0.2) is 23.0 Å². The van der Waals surface area contributed by atoms with Gasteiger partial charge >= 0.3 is 0 Å². The number of fused-ring (bicyclic) bond motifs is 2. The molecule has 3 aliphatic heterocycles. The number of benzene rings is 2. The smallest absolute Gasteiger partial charge is 0.240 e. The first-order chi connectivity index (χ1) is 14.5. The molecule has 0 radical (unpaired) electrons. The third-order valence-corrected chi connectivity index (χ3v) is 6.68. The van der Waals surface area contributed by atoms with Gasteiger partial charge in [-0.15, -0.1) is 0 Å². The molecule has 0 spiro atoms. The van der Waals surface area contributed by atoms with Crippen molar-refractivity contribution in [3.8, 4) is 23.0 Å². The van der Waals surface area contributed by atoms with Crippen molar-refractivity contribution in [2.24, 2.45) is 5.92 Å². The minimum Gasteiger partial charge on any atom is -0.486 e. The molecule has 1 atom stereocenters. The van der Waals surface area contributed by atoms with Crippen molar-refractivity contribution in [1.82, 2.24) is 4.72 Å². The highest BCUT2D eigenvalue weighted by atomic mass is 32.2. The molecule has 3 aliphatic rings. The molecule has 9 nitrogen and oxygen atoms in total. The van der Waals surface area contributed by atoms with E-state index < -0.39 is 10.0 Å². The predicted molar refractivity (Wildman–Crippen MR) is 106 cm³/mol. The van der Waals surface area contributed by atoms with E-state index in [1.165, 1.54) is 12.1 Å². The molecule has 1 unspecified atom stereocenters. The van der Waals surface area contributed by atoms with E-state index in [1.807, 2.05) is 0 Å². The molecule has 1 fully saturated rings. The molecule has 1 amide bonds. The van der Waals surface area contributed by atoms with E-state index in [0.29, 0.717) is 48.4 Å². The van der Waals surface area contributed by atoms with Crippen LogP contribution >= 0.6 is 0 Å². The highest BCUT2D eigenvalue weighted by molar-refractivity contribution is 7.89. The number of hydrogen-bond acceptors (Lipinski definition) is 7. The van der Waals surface area contributed by atoms with E-state index >= 15 is 0 Å². The second-order valence-corrected chi connectivity index (χ2v) is 9.04. The van der Waals surface area contributed by atoms with Crippen molar-refractivity contribution in [2.75, 3.05) is 38.0 Å². The number of sulfonamides is 1. The normalized spacial score (nSPS) is 19.9. The summed E-state index contributed by atoms with van der Waals surface area (Å²) in [4.78, 5) is 14.2. The van der Waals surface area contributed by atoms with Crippen LogP contribution in [0.2, 0.25) is 0 Å². The van der Waals surface area contributed by atoms with Gasteiger partial charge in [-0.2, -0.15) is 0 Å². The highest BCUT2D eigenvalue weighted by Crippen LogP contribution is 2.37. The summed E-state index contributed by atoms with van der Waals surface area (Å²) in [6.07, 6.45) is 0.262. The van der Waals surface area contributed by atoms with Gasteiger partial charge in [-0.1, -0.05) is 0 Å². The molecule has 5 rings (SSSR count). The van der Waals surface area contributed by atoms with Crippen molar-refractivity contribution in [3.05, 3.63) is 36.4 Å². The van der Waals surface area contributed by atoms with Crippen LogP contribution in [0.5, 0.6) is 23.0 Å². The fraction of sp³-hybridized carbons (Fsp3) is 0.350. The molecule has 158 valence electrons. The van der Waals surface area contributed by atoms with E-state index in [2.05, 4.69) is 4.72 Å². The van der Waals surface area contributed by atoms with Crippen LogP contribution in [0, 0.1) is 5.92 Å². The first kappa shape index (κ1) is 19.0. The van der Waals surface area contributed by atoms with Crippen molar-refractivity contribution in [1.29, 1.82) is 0 Å². The highest BCUT2D eigenvalue weighted by Gasteiger charge is 2.32. The van der Waals surface area contributed by atoms with Crippen LogP contribution in [0.4, 0.5) is 5.69 Å². The molecule has 30 heavy (non-hydrogen) atoms. The standard InChI is InChI=1S/C20H20N2O7S/c23-20-7-13(11-22(20)14-1-3-17-18(8-14)29-12-28-17)10-21-30(24,25)15-2-4-16-19(9-15)27-6-5-26-16/h1-4,8-9,13,21H,5-7,10-12H2. The van der Waals surface area contributed by atoms with Gasteiger partial charge in [0.2, 0.25) is 22.7 Å². The number of anilines is 1. The van der Waals surface area contributed by atoms with Crippen molar-refractivity contribution >= 4 is 21.6 Å². The van der Waals surface area contributed by atoms with Crippen molar-refractivity contribution in [3.63, 3.8) is 0 Å². The summed E-state index contributed by atoms with van der Waals surface area (Å²) in [5.41, 5.74) is 0.710. The number of nitrogens with zero attached hydrogens (tertiary/aromatic N) is 1. The third-order valence-electron chi connectivity index (χ3n) is 5.26. The number of hydrogen-bond donors (Lipinski definition) is 1. The fourth-order valence-corrected chi connectivity index (χ4v) is 4.85. The SMILES string of the molecule is O=C1CC(CNS(=O)(=O)c2ccc3c(c2)OCCO3)CN1c1ccc2c(c1)OCO2. The van der Waals surface area contributed by atoms with Gasteiger partial charge in [0, 0.05) is 37.3 Å².